The molecule has 0 aliphatic rings. The van der Waals surface area contributed by atoms with E-state index in [1.165, 1.54) is 128 Å². The van der Waals surface area contributed by atoms with Gasteiger partial charge in [0.25, 0.3) is 0 Å². The zero-order valence-electron chi connectivity index (χ0n) is 36.1. The van der Waals surface area contributed by atoms with Crippen LogP contribution in [0.3, 0.4) is 0 Å². The molecule has 0 spiro atoms. The lowest BCUT2D eigenvalue weighted by atomic mass is 10.0. The van der Waals surface area contributed by atoms with E-state index in [2.05, 4.69) is 50.4 Å². The normalized spacial score (nSPS) is 13.5. The molecule has 0 fully saturated rings. The summed E-state index contributed by atoms with van der Waals surface area (Å²) in [5.41, 5.74) is 0. The summed E-state index contributed by atoms with van der Waals surface area (Å²) in [6, 6.07) is -0.699. The van der Waals surface area contributed by atoms with Gasteiger partial charge in [-0.25, -0.2) is 0 Å². The van der Waals surface area contributed by atoms with Crippen molar-refractivity contribution in [2.45, 2.75) is 264 Å². The third-order valence-corrected chi connectivity index (χ3v) is 10.8. The van der Waals surface area contributed by atoms with E-state index in [1.54, 1.807) is 0 Å². The quantitative estimate of drug-likeness (QED) is 0.0327. The van der Waals surface area contributed by atoms with Gasteiger partial charge in [0.15, 0.2) is 0 Å². The van der Waals surface area contributed by atoms with Crippen LogP contribution >= 0.6 is 0 Å². The van der Waals surface area contributed by atoms with E-state index < -0.39 is 18.2 Å². The van der Waals surface area contributed by atoms with Gasteiger partial charge >= 0.3 is 5.97 Å². The maximum absolute atomic E-state index is 13.1. The number of allylic oxidation sites excluding steroid dienone is 4. The molecule has 0 aliphatic heterocycles. The average molecular weight is 762 g/mol. The van der Waals surface area contributed by atoms with E-state index >= 15 is 0 Å². The second-order valence-electron chi connectivity index (χ2n) is 16.2. The minimum Gasteiger partial charge on any atom is -0.462 e. The van der Waals surface area contributed by atoms with Crippen LogP contribution in [0.1, 0.15) is 245 Å². The summed E-state index contributed by atoms with van der Waals surface area (Å²) in [5.74, 6) is -0.482. The van der Waals surface area contributed by atoms with Crippen molar-refractivity contribution in [3.8, 4) is 0 Å². The SMILES string of the molecule is CCCCC/C=C\C/C=C\CCCCCCCC(CC(=O)NC(CO)C(O)CCCCCCCCCCCCC)OC(=O)CCCCCCCCCCC. The van der Waals surface area contributed by atoms with Crippen molar-refractivity contribution in [3.63, 3.8) is 0 Å². The van der Waals surface area contributed by atoms with Crippen LogP contribution < -0.4 is 5.32 Å². The Morgan fingerprint density at radius 2 is 0.944 bits per heavy atom. The van der Waals surface area contributed by atoms with E-state index in [9.17, 15) is 19.8 Å². The van der Waals surface area contributed by atoms with Gasteiger partial charge in [-0.2, -0.15) is 0 Å². The molecule has 3 atom stereocenters. The first-order chi connectivity index (χ1) is 26.5. The molecule has 0 rings (SSSR count). The molecule has 6 nitrogen and oxygen atoms in total. The number of carbonyl (C=O) groups excluding carboxylic acids is 2. The maximum Gasteiger partial charge on any atom is 0.306 e. The Kier molecular flexibility index (Phi) is 41.2. The summed E-state index contributed by atoms with van der Waals surface area (Å²) in [7, 11) is 0. The van der Waals surface area contributed by atoms with Crippen molar-refractivity contribution in [2.24, 2.45) is 0 Å². The van der Waals surface area contributed by atoms with Gasteiger partial charge in [0.05, 0.1) is 25.2 Å². The second-order valence-corrected chi connectivity index (χ2v) is 16.2. The minimum atomic E-state index is -0.785. The standard InChI is InChI=1S/C48H91NO5/c1-4-7-10-13-16-19-21-22-23-24-26-28-30-33-36-39-44(54-48(53)41-38-35-32-27-18-15-12-9-6-3)42-47(52)49-45(43-50)46(51)40-37-34-31-29-25-20-17-14-11-8-5-2/h16,19,22-23,44-46,50-51H,4-15,17-18,20-21,24-43H2,1-3H3,(H,49,52)/b19-16-,23-22-. The predicted octanol–water partition coefficient (Wildman–Crippen LogP) is 13.6. The molecule has 54 heavy (non-hydrogen) atoms. The lowest BCUT2D eigenvalue weighted by molar-refractivity contribution is -0.151. The number of nitrogens with one attached hydrogen (secondary N) is 1. The fourth-order valence-electron chi connectivity index (χ4n) is 7.17. The van der Waals surface area contributed by atoms with E-state index in [-0.39, 0.29) is 24.9 Å². The largest absolute Gasteiger partial charge is 0.462 e. The molecule has 3 N–H and O–H groups in total. The molecule has 1 amide bonds. The van der Waals surface area contributed by atoms with Crippen LogP contribution in [0.2, 0.25) is 0 Å². The summed E-state index contributed by atoms with van der Waals surface area (Å²) in [4.78, 5) is 25.9. The predicted molar refractivity (Wildman–Crippen MR) is 232 cm³/mol. The summed E-state index contributed by atoms with van der Waals surface area (Å²) in [5, 5.41) is 23.6. The number of aliphatic hydroxyl groups excluding tert-OH is 2. The fraction of sp³-hybridized carbons (Fsp3) is 0.875. The Morgan fingerprint density at radius 1 is 0.537 bits per heavy atom. The maximum atomic E-state index is 13.1. The van der Waals surface area contributed by atoms with E-state index in [0.29, 0.717) is 19.3 Å². The van der Waals surface area contributed by atoms with Gasteiger partial charge in [0, 0.05) is 6.42 Å². The molecule has 0 heterocycles. The first kappa shape index (κ1) is 52.3. The molecular weight excluding hydrogens is 671 g/mol. The Morgan fingerprint density at radius 3 is 1.44 bits per heavy atom. The van der Waals surface area contributed by atoms with Crippen molar-refractivity contribution in [1.29, 1.82) is 0 Å². The van der Waals surface area contributed by atoms with Crippen LogP contribution in [0.5, 0.6) is 0 Å². The van der Waals surface area contributed by atoms with Crippen LogP contribution in [0.15, 0.2) is 24.3 Å². The van der Waals surface area contributed by atoms with Crippen LogP contribution in [-0.2, 0) is 14.3 Å². The van der Waals surface area contributed by atoms with Gasteiger partial charge in [0.1, 0.15) is 6.10 Å². The summed E-state index contributed by atoms with van der Waals surface area (Å²) < 4.78 is 5.89. The number of esters is 1. The first-order valence-corrected chi connectivity index (χ1v) is 23.6. The Bertz CT molecular complexity index is 858. The lowest BCUT2D eigenvalue weighted by Gasteiger charge is -2.24. The highest BCUT2D eigenvalue weighted by Gasteiger charge is 2.24. The van der Waals surface area contributed by atoms with E-state index in [1.807, 2.05) is 0 Å². The van der Waals surface area contributed by atoms with Gasteiger partial charge in [-0.1, -0.05) is 199 Å². The molecule has 0 aromatic rings. The molecule has 0 radical (unpaired) electrons. The Labute approximate surface area is 335 Å². The van der Waals surface area contributed by atoms with Gasteiger partial charge in [-0.3, -0.25) is 9.59 Å². The highest BCUT2D eigenvalue weighted by molar-refractivity contribution is 5.77. The van der Waals surface area contributed by atoms with Crippen molar-refractivity contribution in [3.05, 3.63) is 24.3 Å². The number of amides is 1. The minimum absolute atomic E-state index is 0.0724. The second kappa shape index (κ2) is 42.5. The van der Waals surface area contributed by atoms with Crippen LogP contribution in [0.4, 0.5) is 0 Å². The molecule has 0 saturated carbocycles. The number of hydrogen-bond acceptors (Lipinski definition) is 5. The lowest BCUT2D eigenvalue weighted by Crippen LogP contribution is -2.46. The Balaban J connectivity index is 4.59. The van der Waals surface area contributed by atoms with Crippen molar-refractivity contribution in [1.82, 2.24) is 5.32 Å². The van der Waals surface area contributed by atoms with Crippen molar-refractivity contribution >= 4 is 11.9 Å². The van der Waals surface area contributed by atoms with Gasteiger partial charge in [-0.05, 0) is 57.8 Å². The third-order valence-electron chi connectivity index (χ3n) is 10.8. The molecule has 3 unspecified atom stereocenters. The number of aliphatic hydroxyl groups is 2. The molecule has 6 heteroatoms. The molecule has 0 bridgehead atoms. The highest BCUT2D eigenvalue weighted by atomic mass is 16.5. The van der Waals surface area contributed by atoms with Gasteiger partial charge in [0.2, 0.25) is 5.91 Å². The molecule has 0 saturated heterocycles. The number of ether oxygens (including phenoxy) is 1. The summed E-state index contributed by atoms with van der Waals surface area (Å²) in [6.07, 6.45) is 46.6. The zero-order chi connectivity index (χ0) is 39.6. The molecule has 318 valence electrons. The van der Waals surface area contributed by atoms with Crippen molar-refractivity contribution in [2.75, 3.05) is 6.61 Å². The van der Waals surface area contributed by atoms with Crippen LogP contribution in [0, 0.1) is 0 Å². The number of hydrogen-bond donors (Lipinski definition) is 3. The average Bonchev–Trinajstić information content (AvgIpc) is 3.16. The topological polar surface area (TPSA) is 95.9 Å². The van der Waals surface area contributed by atoms with Gasteiger partial charge < -0.3 is 20.3 Å². The van der Waals surface area contributed by atoms with Gasteiger partial charge in [-0.15, -0.1) is 0 Å². The fourth-order valence-corrected chi connectivity index (χ4v) is 7.17. The number of rotatable bonds is 42. The molecule has 0 aromatic carbocycles. The first-order valence-electron chi connectivity index (χ1n) is 23.6. The third kappa shape index (κ3) is 37.3. The van der Waals surface area contributed by atoms with Crippen LogP contribution in [-0.4, -0.2) is 46.9 Å². The monoisotopic (exact) mass is 762 g/mol. The molecule has 0 aliphatic carbocycles. The number of unbranched alkanes of at least 4 members (excludes halogenated alkanes) is 26. The van der Waals surface area contributed by atoms with E-state index in [4.69, 9.17) is 4.74 Å². The Hall–Kier alpha value is -1.66. The summed E-state index contributed by atoms with van der Waals surface area (Å²) >= 11 is 0. The molecular formula is C48H91NO5. The molecule has 0 aromatic heterocycles. The van der Waals surface area contributed by atoms with E-state index in [0.717, 1.165) is 70.6 Å². The van der Waals surface area contributed by atoms with Crippen LogP contribution in [0.25, 0.3) is 0 Å². The number of carbonyl (C=O) groups is 2. The highest BCUT2D eigenvalue weighted by Crippen LogP contribution is 2.17. The van der Waals surface area contributed by atoms with Crippen molar-refractivity contribution < 1.29 is 24.5 Å². The smallest absolute Gasteiger partial charge is 0.306 e. The summed E-state index contributed by atoms with van der Waals surface area (Å²) in [6.45, 7) is 6.43. The zero-order valence-corrected chi connectivity index (χ0v) is 36.1.